The highest BCUT2D eigenvalue weighted by Crippen LogP contribution is 2.28. The molecular weight excluding hydrogens is 383 g/mol. The maximum absolute atomic E-state index is 13.3. The van der Waals surface area contributed by atoms with Crippen LogP contribution >= 0.6 is 0 Å². The minimum atomic E-state index is -0.402. The third-order valence-electron chi connectivity index (χ3n) is 4.97. The van der Waals surface area contributed by atoms with Crippen molar-refractivity contribution >= 4 is 16.7 Å². The molecule has 7 nitrogen and oxygen atoms in total. The van der Waals surface area contributed by atoms with E-state index in [-0.39, 0.29) is 11.3 Å². The van der Waals surface area contributed by atoms with E-state index in [1.807, 2.05) is 6.92 Å². The van der Waals surface area contributed by atoms with Crippen molar-refractivity contribution in [3.8, 4) is 22.9 Å². The van der Waals surface area contributed by atoms with Crippen LogP contribution in [0.25, 0.3) is 33.5 Å². The fraction of sp³-hybridized carbons (Fsp3) is 0.0455. The summed E-state index contributed by atoms with van der Waals surface area (Å²) in [7, 11) is 0. The number of nitrogens with zero attached hydrogens (tertiary/aromatic N) is 6. The molecule has 0 saturated heterocycles. The van der Waals surface area contributed by atoms with Gasteiger partial charge >= 0.3 is 0 Å². The van der Waals surface area contributed by atoms with E-state index in [2.05, 4.69) is 21.4 Å². The zero-order valence-electron chi connectivity index (χ0n) is 15.7. The predicted molar refractivity (Wildman–Crippen MR) is 109 cm³/mol. The van der Waals surface area contributed by atoms with E-state index in [1.165, 1.54) is 16.7 Å². The van der Waals surface area contributed by atoms with Crippen molar-refractivity contribution in [3.05, 3.63) is 88.2 Å². The molecule has 0 spiro atoms. The second kappa shape index (κ2) is 6.60. The van der Waals surface area contributed by atoms with Crippen molar-refractivity contribution in [2.24, 2.45) is 0 Å². The Morgan fingerprint density at radius 3 is 2.57 bits per heavy atom. The van der Waals surface area contributed by atoms with E-state index < -0.39 is 5.56 Å². The van der Waals surface area contributed by atoms with E-state index in [1.54, 1.807) is 53.2 Å². The van der Waals surface area contributed by atoms with Gasteiger partial charge in [0.1, 0.15) is 17.4 Å². The van der Waals surface area contributed by atoms with Crippen LogP contribution < -0.4 is 5.56 Å². The molecule has 0 aliphatic rings. The molecule has 8 heteroatoms. The number of aryl methyl sites for hydroxylation is 1. The lowest BCUT2D eigenvalue weighted by Crippen LogP contribution is -2.21. The van der Waals surface area contributed by atoms with Gasteiger partial charge in [-0.2, -0.15) is 10.4 Å². The fourth-order valence-electron chi connectivity index (χ4n) is 3.58. The van der Waals surface area contributed by atoms with Gasteiger partial charge in [-0.25, -0.2) is 8.91 Å². The number of para-hydroxylation sites is 1. The number of benzene rings is 2. The van der Waals surface area contributed by atoms with Crippen LogP contribution in [0, 0.1) is 24.1 Å². The Morgan fingerprint density at radius 1 is 1.03 bits per heavy atom. The number of pyridine rings is 1. The van der Waals surface area contributed by atoms with Gasteiger partial charge < -0.3 is 0 Å². The van der Waals surface area contributed by atoms with Crippen LogP contribution in [0.4, 0.5) is 4.39 Å². The third-order valence-corrected chi connectivity index (χ3v) is 4.97. The van der Waals surface area contributed by atoms with Gasteiger partial charge in [-0.3, -0.25) is 9.36 Å². The highest BCUT2D eigenvalue weighted by atomic mass is 19.1. The first-order chi connectivity index (χ1) is 14.6. The number of hydrogen-bond acceptors (Lipinski definition) is 5. The molecule has 0 bridgehead atoms. The SMILES string of the molecule is Cc1nn2c(nnc3c(=O)n(-c4ccccc4C#N)ccc32)c1-c1ccc(F)cc1. The Balaban J connectivity index is 1.78. The normalized spacial score (nSPS) is 11.1. The number of halogens is 1. The average Bonchev–Trinajstić information content (AvgIpc) is 3.11. The van der Waals surface area contributed by atoms with Crippen LogP contribution in [0.3, 0.4) is 0 Å². The molecule has 144 valence electrons. The highest BCUT2D eigenvalue weighted by Gasteiger charge is 2.18. The van der Waals surface area contributed by atoms with Crippen LogP contribution in [-0.4, -0.2) is 24.4 Å². The molecular formula is C22H13FN6O. The minimum Gasteiger partial charge on any atom is -0.281 e. The van der Waals surface area contributed by atoms with Crippen molar-refractivity contribution < 1.29 is 4.39 Å². The Morgan fingerprint density at radius 2 is 1.80 bits per heavy atom. The summed E-state index contributed by atoms with van der Waals surface area (Å²) in [6.45, 7) is 1.82. The van der Waals surface area contributed by atoms with Gasteiger partial charge in [0.2, 0.25) is 0 Å². The third kappa shape index (κ3) is 2.57. The summed E-state index contributed by atoms with van der Waals surface area (Å²) in [4.78, 5) is 13.1. The largest absolute Gasteiger partial charge is 0.285 e. The molecule has 2 aromatic carbocycles. The Bertz CT molecular complexity index is 1540. The molecule has 0 aliphatic heterocycles. The standard InChI is InChI=1S/C22H13FN6O/c1-13-19(14-6-8-16(23)9-7-14)21-26-25-20-18(29(21)27-13)10-11-28(22(20)30)17-5-3-2-4-15(17)12-24/h2-11H,1H3. The molecule has 3 aromatic heterocycles. The summed E-state index contributed by atoms with van der Waals surface area (Å²) in [6, 6.07) is 16.7. The van der Waals surface area contributed by atoms with Gasteiger partial charge in [0.25, 0.3) is 5.56 Å². The van der Waals surface area contributed by atoms with Crippen LogP contribution in [0.2, 0.25) is 0 Å². The lowest BCUT2D eigenvalue weighted by molar-refractivity contribution is 0.628. The molecule has 0 aliphatic carbocycles. The molecule has 3 heterocycles. The van der Waals surface area contributed by atoms with E-state index >= 15 is 0 Å². The second-order valence-electron chi connectivity index (χ2n) is 6.76. The van der Waals surface area contributed by atoms with E-state index in [9.17, 15) is 14.4 Å². The van der Waals surface area contributed by atoms with Gasteiger partial charge in [-0.05, 0) is 42.8 Å². The summed E-state index contributed by atoms with van der Waals surface area (Å²) in [5.41, 5.74) is 3.71. The summed E-state index contributed by atoms with van der Waals surface area (Å²) in [5, 5.41) is 22.3. The molecule has 0 radical (unpaired) electrons. The molecule has 0 saturated carbocycles. The number of hydrogen-bond donors (Lipinski definition) is 0. The Labute approximate surface area is 169 Å². The number of aromatic nitrogens is 5. The number of nitriles is 1. The Kier molecular flexibility index (Phi) is 3.89. The van der Waals surface area contributed by atoms with Gasteiger partial charge in [0.05, 0.1) is 22.5 Å². The first kappa shape index (κ1) is 17.7. The molecule has 0 fully saturated rings. The zero-order chi connectivity index (χ0) is 20.8. The van der Waals surface area contributed by atoms with Crippen molar-refractivity contribution in [3.63, 3.8) is 0 Å². The Hall–Kier alpha value is -4.38. The van der Waals surface area contributed by atoms with Crippen LogP contribution in [0.5, 0.6) is 0 Å². The zero-order valence-corrected chi connectivity index (χ0v) is 15.7. The average molecular weight is 396 g/mol. The number of fused-ring (bicyclic) bond motifs is 3. The predicted octanol–water partition coefficient (Wildman–Crippen LogP) is 3.41. The quantitative estimate of drug-likeness (QED) is 0.456. The summed E-state index contributed by atoms with van der Waals surface area (Å²) in [6.07, 6.45) is 1.59. The van der Waals surface area contributed by atoms with E-state index in [0.29, 0.717) is 28.1 Å². The van der Waals surface area contributed by atoms with Crippen molar-refractivity contribution in [2.45, 2.75) is 6.92 Å². The van der Waals surface area contributed by atoms with Crippen LogP contribution in [0.15, 0.2) is 65.6 Å². The van der Waals surface area contributed by atoms with Gasteiger partial charge in [-0.15, -0.1) is 10.2 Å². The lowest BCUT2D eigenvalue weighted by atomic mass is 10.1. The summed E-state index contributed by atoms with van der Waals surface area (Å²) in [5.74, 6) is -0.331. The maximum atomic E-state index is 13.3. The highest BCUT2D eigenvalue weighted by molar-refractivity contribution is 5.84. The first-order valence-corrected chi connectivity index (χ1v) is 9.11. The van der Waals surface area contributed by atoms with E-state index in [0.717, 1.165) is 11.1 Å². The first-order valence-electron chi connectivity index (χ1n) is 9.11. The van der Waals surface area contributed by atoms with Gasteiger partial charge in [-0.1, -0.05) is 24.3 Å². The lowest BCUT2D eigenvalue weighted by Gasteiger charge is -2.08. The summed E-state index contributed by atoms with van der Waals surface area (Å²) < 4.78 is 16.3. The maximum Gasteiger partial charge on any atom is 0.285 e. The number of rotatable bonds is 2. The van der Waals surface area contributed by atoms with Crippen molar-refractivity contribution in [2.75, 3.05) is 0 Å². The minimum absolute atomic E-state index is 0.130. The molecule has 30 heavy (non-hydrogen) atoms. The van der Waals surface area contributed by atoms with E-state index in [4.69, 9.17) is 0 Å². The van der Waals surface area contributed by atoms with Crippen molar-refractivity contribution in [1.29, 1.82) is 5.26 Å². The van der Waals surface area contributed by atoms with Crippen molar-refractivity contribution in [1.82, 2.24) is 24.4 Å². The van der Waals surface area contributed by atoms with Crippen LogP contribution in [-0.2, 0) is 0 Å². The fourth-order valence-corrected chi connectivity index (χ4v) is 3.58. The van der Waals surface area contributed by atoms with Gasteiger partial charge in [0, 0.05) is 6.20 Å². The van der Waals surface area contributed by atoms with Crippen LogP contribution in [0.1, 0.15) is 11.3 Å². The smallest absolute Gasteiger partial charge is 0.281 e. The molecule has 0 N–H and O–H groups in total. The second-order valence-corrected chi connectivity index (χ2v) is 6.76. The molecule has 0 amide bonds. The van der Waals surface area contributed by atoms with Gasteiger partial charge in [0.15, 0.2) is 11.2 Å². The molecule has 5 aromatic rings. The molecule has 0 atom stereocenters. The monoisotopic (exact) mass is 396 g/mol. The summed E-state index contributed by atoms with van der Waals surface area (Å²) >= 11 is 0. The molecule has 5 rings (SSSR count). The molecule has 0 unspecified atom stereocenters. The topological polar surface area (TPSA) is 88.9 Å².